The Morgan fingerprint density at radius 3 is 2.05 bits per heavy atom. The van der Waals surface area contributed by atoms with E-state index in [0.717, 1.165) is 54.4 Å². The summed E-state index contributed by atoms with van der Waals surface area (Å²) in [5.41, 5.74) is 9.84. The van der Waals surface area contributed by atoms with Gasteiger partial charge >= 0.3 is 6.09 Å². The smallest absolute Gasteiger partial charge is 0.408 e. The molecule has 0 bridgehead atoms. The molecule has 0 aromatic heterocycles. The van der Waals surface area contributed by atoms with Gasteiger partial charge in [0.05, 0.1) is 6.42 Å². The molecule has 0 fully saturated rings. The Labute approximate surface area is 263 Å². The summed E-state index contributed by atoms with van der Waals surface area (Å²) in [7, 11) is 0. The lowest BCUT2D eigenvalue weighted by Gasteiger charge is -2.35. The fourth-order valence-electron chi connectivity index (χ4n) is 5.09. The standard InChI is InChI=1S/C35H52N4O5/c1-9-10-11-12-13-14-20-39(33(42)28(22-29(36)40)37-34(43)44-35(6,7)8)31(27-19-18-23(2)26(5)21-27)32(41)38-30-24(3)16-15-17-25(30)4/h15-19,21,28,31H,9-14,20,22H2,1-8H3,(H2,36,40)(H,37,43)(H,38,41). The van der Waals surface area contributed by atoms with Crippen molar-refractivity contribution in [3.8, 4) is 0 Å². The van der Waals surface area contributed by atoms with Crippen LogP contribution in [0.3, 0.4) is 0 Å². The third kappa shape index (κ3) is 11.3. The maximum atomic E-state index is 14.4. The van der Waals surface area contributed by atoms with Gasteiger partial charge in [0.15, 0.2) is 0 Å². The fraction of sp³-hybridized carbons (Fsp3) is 0.543. The highest BCUT2D eigenvalue weighted by atomic mass is 16.6. The lowest BCUT2D eigenvalue weighted by molar-refractivity contribution is -0.142. The van der Waals surface area contributed by atoms with Crippen molar-refractivity contribution in [2.45, 2.75) is 118 Å². The minimum Gasteiger partial charge on any atom is -0.444 e. The number of hydrogen-bond acceptors (Lipinski definition) is 5. The Balaban J connectivity index is 2.60. The lowest BCUT2D eigenvalue weighted by Crippen LogP contribution is -2.53. The predicted octanol–water partition coefficient (Wildman–Crippen LogP) is 6.56. The van der Waals surface area contributed by atoms with Crippen LogP contribution in [-0.2, 0) is 19.1 Å². The van der Waals surface area contributed by atoms with Crippen LogP contribution >= 0.6 is 0 Å². The highest BCUT2D eigenvalue weighted by Crippen LogP contribution is 2.29. The largest absolute Gasteiger partial charge is 0.444 e. The molecule has 9 nitrogen and oxygen atoms in total. The summed E-state index contributed by atoms with van der Waals surface area (Å²) in [5, 5.41) is 5.63. The molecule has 2 aromatic rings. The van der Waals surface area contributed by atoms with Crippen LogP contribution < -0.4 is 16.4 Å². The van der Waals surface area contributed by atoms with Gasteiger partial charge in [-0.1, -0.05) is 75.4 Å². The molecule has 0 aliphatic carbocycles. The minimum atomic E-state index is -1.32. The van der Waals surface area contributed by atoms with Crippen LogP contribution in [0.1, 0.15) is 106 Å². The zero-order valence-electron chi connectivity index (χ0n) is 27.8. The summed E-state index contributed by atoms with van der Waals surface area (Å²) in [6.45, 7) is 15.3. The molecule has 242 valence electrons. The van der Waals surface area contributed by atoms with E-state index in [1.807, 2.05) is 64.1 Å². The SMILES string of the molecule is CCCCCCCCN(C(=O)C(CC(N)=O)NC(=O)OC(C)(C)C)C(C(=O)Nc1c(C)cccc1C)c1ccc(C)c(C)c1. The maximum absolute atomic E-state index is 14.4. The maximum Gasteiger partial charge on any atom is 0.408 e. The predicted molar refractivity (Wildman–Crippen MR) is 175 cm³/mol. The number of unbranched alkanes of at least 4 members (excludes halogenated alkanes) is 5. The van der Waals surface area contributed by atoms with Crippen LogP contribution in [0.5, 0.6) is 0 Å². The molecule has 0 spiro atoms. The summed E-state index contributed by atoms with van der Waals surface area (Å²) in [5.74, 6) is -1.73. The van der Waals surface area contributed by atoms with E-state index in [4.69, 9.17) is 10.5 Å². The van der Waals surface area contributed by atoms with Gasteiger partial charge < -0.3 is 26.0 Å². The van der Waals surface area contributed by atoms with E-state index in [2.05, 4.69) is 17.6 Å². The van der Waals surface area contributed by atoms with E-state index >= 15 is 0 Å². The summed E-state index contributed by atoms with van der Waals surface area (Å²) < 4.78 is 5.39. The molecule has 2 aromatic carbocycles. The number of amides is 4. The number of ether oxygens (including phenoxy) is 1. The molecule has 2 unspecified atom stereocenters. The van der Waals surface area contributed by atoms with Gasteiger partial charge in [0.1, 0.15) is 17.7 Å². The van der Waals surface area contributed by atoms with Gasteiger partial charge in [-0.15, -0.1) is 0 Å². The monoisotopic (exact) mass is 608 g/mol. The molecular weight excluding hydrogens is 556 g/mol. The molecule has 4 N–H and O–H groups in total. The van der Waals surface area contributed by atoms with Crippen LogP contribution in [0, 0.1) is 27.7 Å². The third-order valence-corrected chi connectivity index (χ3v) is 7.57. The summed E-state index contributed by atoms with van der Waals surface area (Å²) >= 11 is 0. The van der Waals surface area contributed by atoms with Gasteiger partial charge in [0, 0.05) is 12.2 Å². The van der Waals surface area contributed by atoms with Crippen LogP contribution in [-0.4, -0.2) is 46.9 Å². The van der Waals surface area contributed by atoms with Crippen molar-refractivity contribution < 1.29 is 23.9 Å². The number of primary amides is 1. The topological polar surface area (TPSA) is 131 Å². The van der Waals surface area contributed by atoms with E-state index in [0.29, 0.717) is 17.7 Å². The summed E-state index contributed by atoms with van der Waals surface area (Å²) in [4.78, 5) is 55.0. The van der Waals surface area contributed by atoms with Crippen molar-refractivity contribution in [3.05, 3.63) is 64.2 Å². The highest BCUT2D eigenvalue weighted by Gasteiger charge is 2.37. The number of nitrogens with one attached hydrogen (secondary N) is 2. The summed E-state index contributed by atoms with van der Waals surface area (Å²) in [6, 6.07) is 9.10. The van der Waals surface area contributed by atoms with Gasteiger partial charge in [-0.05, 0) is 82.7 Å². The minimum absolute atomic E-state index is 0.244. The Kier molecular flexibility index (Phi) is 13.9. The molecule has 0 saturated carbocycles. The van der Waals surface area contributed by atoms with Crippen molar-refractivity contribution in [2.24, 2.45) is 5.73 Å². The van der Waals surface area contributed by atoms with Gasteiger partial charge in [0.2, 0.25) is 11.8 Å². The Morgan fingerprint density at radius 2 is 1.48 bits per heavy atom. The first-order chi connectivity index (χ1) is 20.6. The quantitative estimate of drug-likeness (QED) is 0.197. The van der Waals surface area contributed by atoms with E-state index in [1.54, 1.807) is 20.8 Å². The normalized spacial score (nSPS) is 12.6. The second-order valence-electron chi connectivity index (χ2n) is 12.7. The third-order valence-electron chi connectivity index (χ3n) is 7.57. The van der Waals surface area contributed by atoms with Crippen molar-refractivity contribution in [1.29, 1.82) is 0 Å². The number of para-hydroxylation sites is 1. The number of carbonyl (C=O) groups is 4. The van der Waals surface area contributed by atoms with Crippen LogP contribution in [0.25, 0.3) is 0 Å². The molecule has 0 aliphatic rings. The first-order valence-electron chi connectivity index (χ1n) is 15.7. The Morgan fingerprint density at radius 1 is 0.864 bits per heavy atom. The number of hydrogen-bond donors (Lipinski definition) is 3. The van der Waals surface area contributed by atoms with Gasteiger partial charge in [-0.2, -0.15) is 0 Å². The second-order valence-corrected chi connectivity index (χ2v) is 12.7. The molecule has 2 atom stereocenters. The molecule has 44 heavy (non-hydrogen) atoms. The number of anilines is 1. The molecule has 9 heteroatoms. The van der Waals surface area contributed by atoms with E-state index < -0.39 is 42.0 Å². The number of benzene rings is 2. The van der Waals surface area contributed by atoms with E-state index in [1.165, 1.54) is 4.90 Å². The molecule has 0 aliphatic heterocycles. The zero-order valence-corrected chi connectivity index (χ0v) is 27.8. The molecule has 2 rings (SSSR count). The number of rotatable bonds is 15. The molecule has 4 amide bonds. The highest BCUT2D eigenvalue weighted by molar-refractivity contribution is 6.00. The van der Waals surface area contributed by atoms with Crippen molar-refractivity contribution in [3.63, 3.8) is 0 Å². The van der Waals surface area contributed by atoms with Crippen LogP contribution in [0.4, 0.5) is 10.5 Å². The van der Waals surface area contributed by atoms with Crippen molar-refractivity contribution in [2.75, 3.05) is 11.9 Å². The van der Waals surface area contributed by atoms with Crippen molar-refractivity contribution in [1.82, 2.24) is 10.2 Å². The average Bonchev–Trinajstić information content (AvgIpc) is 2.91. The number of alkyl carbamates (subject to hydrolysis) is 1. The van der Waals surface area contributed by atoms with E-state index in [9.17, 15) is 19.2 Å². The summed E-state index contributed by atoms with van der Waals surface area (Å²) in [6.07, 6.45) is 4.55. The lowest BCUT2D eigenvalue weighted by atomic mass is 9.97. The second kappa shape index (κ2) is 16.8. The average molecular weight is 609 g/mol. The molecule has 0 radical (unpaired) electrons. The Hall–Kier alpha value is -3.88. The zero-order chi connectivity index (χ0) is 33.0. The van der Waals surface area contributed by atoms with Gasteiger partial charge in [-0.3, -0.25) is 14.4 Å². The fourth-order valence-corrected chi connectivity index (χ4v) is 5.09. The van der Waals surface area contributed by atoms with Crippen molar-refractivity contribution >= 4 is 29.5 Å². The number of aryl methyl sites for hydroxylation is 4. The Bertz CT molecular complexity index is 1280. The van der Waals surface area contributed by atoms with E-state index in [-0.39, 0.29) is 12.5 Å². The molecular formula is C35H52N4O5. The number of nitrogens with zero attached hydrogens (tertiary/aromatic N) is 1. The molecule has 0 saturated heterocycles. The van der Waals surface area contributed by atoms with Gasteiger partial charge in [0.25, 0.3) is 5.91 Å². The first-order valence-corrected chi connectivity index (χ1v) is 15.7. The first kappa shape index (κ1) is 36.3. The number of carbonyl (C=O) groups excluding carboxylic acids is 4. The van der Waals surface area contributed by atoms with Crippen LogP contribution in [0.2, 0.25) is 0 Å². The van der Waals surface area contributed by atoms with Gasteiger partial charge in [-0.25, -0.2) is 4.79 Å². The molecule has 0 heterocycles. The number of nitrogens with two attached hydrogens (primary N) is 1. The van der Waals surface area contributed by atoms with Crippen LogP contribution in [0.15, 0.2) is 36.4 Å².